The molecule has 0 spiro atoms. The summed E-state index contributed by atoms with van der Waals surface area (Å²) in [5.41, 5.74) is 0. The monoisotopic (exact) mass is 125 g/mol. The van der Waals surface area contributed by atoms with Crippen LogP contribution in [0.5, 0.6) is 0 Å². The molecule has 0 aromatic rings. The number of hydrogen-bond donors (Lipinski definition) is 1. The molecule has 0 aliphatic carbocycles. The topological polar surface area (TPSA) is 29.1 Å². The van der Waals surface area contributed by atoms with E-state index in [1.807, 2.05) is 0 Å². The Morgan fingerprint density at radius 2 is 2.00 bits per heavy atom. The van der Waals surface area contributed by atoms with E-state index in [1.54, 1.807) is 0 Å². The molecule has 1 saturated heterocycles. The molecule has 9 heavy (non-hydrogen) atoms. The highest BCUT2D eigenvalue weighted by atomic mass is 16.1. The number of ketones is 1. The Hall–Kier alpha value is -0.370. The van der Waals surface area contributed by atoms with Gasteiger partial charge in [0.2, 0.25) is 0 Å². The highest BCUT2D eigenvalue weighted by molar-refractivity contribution is 5.84. The molecular formula is C7H11NO. The van der Waals surface area contributed by atoms with E-state index in [1.165, 1.54) is 0 Å². The molecule has 0 amide bonds. The predicted octanol–water partition coefficient (Wildman–Crippen LogP) is 0.266. The molecule has 0 aromatic heterocycles. The second-order valence-electron chi connectivity index (χ2n) is 2.43. The van der Waals surface area contributed by atoms with Crippen molar-refractivity contribution in [2.24, 2.45) is 5.92 Å². The summed E-state index contributed by atoms with van der Waals surface area (Å²) in [6, 6.07) is 0. The van der Waals surface area contributed by atoms with Crippen LogP contribution in [-0.4, -0.2) is 18.9 Å². The van der Waals surface area contributed by atoms with E-state index in [0.29, 0.717) is 0 Å². The summed E-state index contributed by atoms with van der Waals surface area (Å²) in [4.78, 5) is 10.5. The number of nitrogens with one attached hydrogen (secondary N) is 1. The molecule has 1 aliphatic rings. The normalized spacial score (nSPS) is 21.9. The van der Waals surface area contributed by atoms with Crippen molar-refractivity contribution in [2.75, 3.05) is 13.1 Å². The summed E-state index contributed by atoms with van der Waals surface area (Å²) in [6.45, 7) is 6.98. The predicted molar refractivity (Wildman–Crippen MR) is 34.9 cm³/mol. The lowest BCUT2D eigenvalue weighted by Crippen LogP contribution is -2.30. The summed E-state index contributed by atoms with van der Waals surface area (Å²) in [5.74, 6) is -0.0113. The van der Waals surface area contributed by atoms with Crippen LogP contribution in [-0.2, 0) is 4.79 Å². The maximum Gasteiger partial charge on any atom is 0.140 e. The van der Waals surface area contributed by atoms with Gasteiger partial charge in [0.1, 0.15) is 5.78 Å². The quantitative estimate of drug-likeness (QED) is 0.545. The molecule has 1 N–H and O–H groups in total. The van der Waals surface area contributed by atoms with Crippen LogP contribution in [0.4, 0.5) is 0 Å². The van der Waals surface area contributed by atoms with Crippen molar-refractivity contribution in [3.05, 3.63) is 6.92 Å². The van der Waals surface area contributed by atoms with Gasteiger partial charge in [-0.3, -0.25) is 4.79 Å². The third-order valence-corrected chi connectivity index (χ3v) is 1.74. The molecule has 2 radical (unpaired) electrons. The van der Waals surface area contributed by atoms with Gasteiger partial charge in [-0.25, -0.2) is 0 Å². The Morgan fingerprint density at radius 3 is 2.33 bits per heavy atom. The lowest BCUT2D eigenvalue weighted by molar-refractivity contribution is -0.119. The zero-order valence-electron chi connectivity index (χ0n) is 5.39. The molecule has 1 aliphatic heterocycles. The van der Waals surface area contributed by atoms with Crippen molar-refractivity contribution >= 4 is 5.78 Å². The molecule has 0 bridgehead atoms. The van der Waals surface area contributed by atoms with Crippen LogP contribution in [0.25, 0.3) is 0 Å². The number of hydrogen-bond acceptors (Lipinski definition) is 2. The van der Waals surface area contributed by atoms with Gasteiger partial charge in [-0.15, -0.1) is 0 Å². The summed E-state index contributed by atoms with van der Waals surface area (Å²) in [5, 5.41) is 3.16. The Morgan fingerprint density at radius 1 is 1.44 bits per heavy atom. The van der Waals surface area contributed by atoms with Gasteiger partial charge in [-0.2, -0.15) is 0 Å². The van der Waals surface area contributed by atoms with Gasteiger partial charge in [0, 0.05) is 12.8 Å². The van der Waals surface area contributed by atoms with Crippen molar-refractivity contribution in [3.8, 4) is 0 Å². The highest BCUT2D eigenvalue weighted by Crippen LogP contribution is 2.11. The van der Waals surface area contributed by atoms with Gasteiger partial charge in [0.05, 0.1) is 0 Å². The fraction of sp³-hybridized carbons (Fsp3) is 0.714. The highest BCUT2D eigenvalue weighted by Gasteiger charge is 2.16. The third kappa shape index (κ3) is 1.79. The summed E-state index contributed by atoms with van der Waals surface area (Å²) < 4.78 is 0. The number of carbonyl (C=O) groups is 1. The molecule has 0 aromatic carbocycles. The van der Waals surface area contributed by atoms with Crippen molar-refractivity contribution < 1.29 is 4.79 Å². The van der Waals surface area contributed by atoms with Crippen LogP contribution in [0.1, 0.15) is 12.8 Å². The van der Waals surface area contributed by atoms with Crippen LogP contribution >= 0.6 is 0 Å². The Kier molecular flexibility index (Phi) is 2.22. The number of piperidine rings is 1. The van der Waals surface area contributed by atoms with E-state index in [-0.39, 0.29) is 11.7 Å². The van der Waals surface area contributed by atoms with E-state index in [9.17, 15) is 4.79 Å². The Bertz CT molecular complexity index is 105. The molecular weight excluding hydrogens is 114 g/mol. The molecule has 0 unspecified atom stereocenters. The van der Waals surface area contributed by atoms with E-state index >= 15 is 0 Å². The third-order valence-electron chi connectivity index (χ3n) is 1.74. The van der Waals surface area contributed by atoms with Crippen LogP contribution in [0.2, 0.25) is 0 Å². The van der Waals surface area contributed by atoms with Crippen LogP contribution < -0.4 is 5.32 Å². The first-order valence-corrected chi connectivity index (χ1v) is 3.31. The van der Waals surface area contributed by atoms with Gasteiger partial charge < -0.3 is 5.32 Å². The molecule has 1 rings (SSSR count). The molecule has 1 heterocycles. The second kappa shape index (κ2) is 2.97. The first-order valence-electron chi connectivity index (χ1n) is 3.31. The fourth-order valence-corrected chi connectivity index (χ4v) is 1.11. The standard InChI is InChI=1S/C7H11NO/c1-6(9)7-2-4-8-5-3-7/h1,7-8H,2-5H2. The van der Waals surface area contributed by atoms with Gasteiger partial charge in [0.25, 0.3) is 0 Å². The molecule has 2 nitrogen and oxygen atoms in total. The van der Waals surface area contributed by atoms with Crippen molar-refractivity contribution in [3.63, 3.8) is 0 Å². The van der Waals surface area contributed by atoms with Gasteiger partial charge in [-0.1, -0.05) is 0 Å². The Balaban J connectivity index is 2.31. The molecule has 50 valence electrons. The van der Waals surface area contributed by atoms with Crippen LogP contribution in [0.3, 0.4) is 0 Å². The molecule has 0 atom stereocenters. The smallest absolute Gasteiger partial charge is 0.140 e. The minimum Gasteiger partial charge on any atom is -0.317 e. The largest absolute Gasteiger partial charge is 0.317 e. The van der Waals surface area contributed by atoms with E-state index in [0.717, 1.165) is 25.9 Å². The van der Waals surface area contributed by atoms with E-state index in [4.69, 9.17) is 6.92 Å². The van der Waals surface area contributed by atoms with Crippen LogP contribution in [0, 0.1) is 12.8 Å². The van der Waals surface area contributed by atoms with Crippen molar-refractivity contribution in [2.45, 2.75) is 12.8 Å². The summed E-state index contributed by atoms with van der Waals surface area (Å²) in [6.07, 6.45) is 1.82. The van der Waals surface area contributed by atoms with Crippen molar-refractivity contribution in [1.82, 2.24) is 5.32 Å². The van der Waals surface area contributed by atoms with E-state index in [2.05, 4.69) is 5.32 Å². The SMILES string of the molecule is [CH]C(=O)C1CCNCC1. The fourth-order valence-electron chi connectivity index (χ4n) is 1.11. The molecule has 2 heteroatoms. The van der Waals surface area contributed by atoms with Gasteiger partial charge in [-0.05, 0) is 25.9 Å². The van der Waals surface area contributed by atoms with E-state index < -0.39 is 0 Å². The maximum atomic E-state index is 10.5. The first-order chi connectivity index (χ1) is 4.30. The minimum absolute atomic E-state index is 0.131. The second-order valence-corrected chi connectivity index (χ2v) is 2.43. The average Bonchev–Trinajstić information content (AvgIpc) is 1.90. The lowest BCUT2D eigenvalue weighted by Gasteiger charge is -2.19. The number of rotatable bonds is 1. The minimum atomic E-state index is -0.142. The zero-order chi connectivity index (χ0) is 6.69. The number of Topliss-reactive ketones (excluding diaryl/α,β-unsaturated/α-hetero) is 1. The van der Waals surface area contributed by atoms with Gasteiger partial charge in [0.15, 0.2) is 0 Å². The van der Waals surface area contributed by atoms with Gasteiger partial charge >= 0.3 is 0 Å². The average molecular weight is 125 g/mol. The first kappa shape index (κ1) is 6.75. The molecule has 0 saturated carbocycles. The zero-order valence-corrected chi connectivity index (χ0v) is 5.39. The Labute approximate surface area is 55.6 Å². The summed E-state index contributed by atoms with van der Waals surface area (Å²) >= 11 is 0. The lowest BCUT2D eigenvalue weighted by atomic mass is 9.95. The maximum absolute atomic E-state index is 10.5. The number of carbonyl (C=O) groups excluding carboxylic acids is 1. The molecule has 1 fully saturated rings. The van der Waals surface area contributed by atoms with Crippen molar-refractivity contribution in [1.29, 1.82) is 0 Å². The van der Waals surface area contributed by atoms with Crippen LogP contribution in [0.15, 0.2) is 0 Å². The summed E-state index contributed by atoms with van der Waals surface area (Å²) in [7, 11) is 0.